The molecule has 0 aliphatic carbocycles. The number of hydrogen-bond acceptors (Lipinski definition) is 4. The molecule has 0 saturated carbocycles. The number of sulfonamides is 1. The molecule has 2 N–H and O–H groups in total. The molecule has 4 nitrogen and oxygen atoms in total. The Balaban J connectivity index is 2.60. The van der Waals surface area contributed by atoms with E-state index in [1.54, 1.807) is 19.1 Å². The van der Waals surface area contributed by atoms with Crippen LogP contribution in [0.2, 0.25) is 0 Å². The summed E-state index contributed by atoms with van der Waals surface area (Å²) >= 11 is 1.23. The van der Waals surface area contributed by atoms with Gasteiger partial charge < -0.3 is 5.11 Å². The fourth-order valence-corrected chi connectivity index (χ4v) is 4.06. The van der Waals surface area contributed by atoms with E-state index in [2.05, 4.69) is 18.6 Å². The Morgan fingerprint density at radius 2 is 2.05 bits per heavy atom. The highest BCUT2D eigenvalue weighted by atomic mass is 32.2. The van der Waals surface area contributed by atoms with Crippen LogP contribution in [0.5, 0.6) is 0 Å². The Hall–Kier alpha value is -0.430. The van der Waals surface area contributed by atoms with E-state index in [-0.39, 0.29) is 6.54 Å². The van der Waals surface area contributed by atoms with Gasteiger partial charge in [-0.25, -0.2) is 13.1 Å². The molecular formula is C13H23NO3S2. The van der Waals surface area contributed by atoms with Crippen molar-refractivity contribution in [1.82, 2.24) is 4.72 Å². The number of hydrogen-bond donors (Lipinski definition) is 2. The van der Waals surface area contributed by atoms with Crippen LogP contribution < -0.4 is 4.72 Å². The summed E-state index contributed by atoms with van der Waals surface area (Å²) in [6.45, 7) is 7.72. The number of aryl methyl sites for hydroxylation is 1. The Labute approximate surface area is 119 Å². The molecule has 1 aromatic rings. The third-order valence-electron chi connectivity index (χ3n) is 2.88. The Morgan fingerprint density at radius 1 is 1.42 bits per heavy atom. The minimum Gasteiger partial charge on any atom is -0.389 e. The maximum Gasteiger partial charge on any atom is 0.250 e. The van der Waals surface area contributed by atoms with E-state index in [4.69, 9.17) is 0 Å². The summed E-state index contributed by atoms with van der Waals surface area (Å²) in [6, 6.07) is 3.36. The summed E-state index contributed by atoms with van der Waals surface area (Å²) in [7, 11) is -3.50. The molecule has 0 bridgehead atoms. The van der Waals surface area contributed by atoms with Gasteiger partial charge >= 0.3 is 0 Å². The first-order chi connectivity index (χ1) is 8.62. The smallest absolute Gasteiger partial charge is 0.250 e. The van der Waals surface area contributed by atoms with Gasteiger partial charge in [-0.2, -0.15) is 0 Å². The molecule has 0 aromatic carbocycles. The maximum absolute atomic E-state index is 12.0. The van der Waals surface area contributed by atoms with Crippen LogP contribution in [0.15, 0.2) is 16.3 Å². The molecule has 1 aromatic heterocycles. The van der Waals surface area contributed by atoms with Crippen molar-refractivity contribution >= 4 is 21.4 Å². The van der Waals surface area contributed by atoms with E-state index in [0.29, 0.717) is 16.5 Å². The van der Waals surface area contributed by atoms with Crippen molar-refractivity contribution < 1.29 is 13.5 Å². The van der Waals surface area contributed by atoms with Gasteiger partial charge in [0.2, 0.25) is 10.0 Å². The van der Waals surface area contributed by atoms with Gasteiger partial charge in [0, 0.05) is 11.4 Å². The highest BCUT2D eigenvalue weighted by Gasteiger charge is 2.24. The maximum atomic E-state index is 12.0. The Bertz CT molecular complexity index is 504. The molecule has 0 saturated heterocycles. The molecule has 0 aliphatic rings. The van der Waals surface area contributed by atoms with Gasteiger partial charge in [0.1, 0.15) is 4.21 Å². The van der Waals surface area contributed by atoms with E-state index < -0.39 is 15.6 Å². The highest BCUT2D eigenvalue weighted by molar-refractivity contribution is 7.91. The largest absolute Gasteiger partial charge is 0.389 e. The quantitative estimate of drug-likeness (QED) is 0.813. The molecule has 0 spiro atoms. The first kappa shape index (κ1) is 16.6. The van der Waals surface area contributed by atoms with Crippen molar-refractivity contribution in [2.24, 2.45) is 5.92 Å². The van der Waals surface area contributed by atoms with Gasteiger partial charge in [-0.05, 0) is 44.7 Å². The summed E-state index contributed by atoms with van der Waals surface area (Å²) in [4.78, 5) is 0.951. The van der Waals surface area contributed by atoms with Crippen molar-refractivity contribution in [2.45, 2.75) is 50.3 Å². The van der Waals surface area contributed by atoms with Gasteiger partial charge in [-0.15, -0.1) is 11.3 Å². The Kier molecular flexibility index (Phi) is 5.55. The number of aliphatic hydroxyl groups is 1. The van der Waals surface area contributed by atoms with Gasteiger partial charge in [0.05, 0.1) is 5.60 Å². The number of rotatable bonds is 7. The van der Waals surface area contributed by atoms with E-state index >= 15 is 0 Å². The molecule has 0 amide bonds. The Morgan fingerprint density at radius 3 is 2.53 bits per heavy atom. The van der Waals surface area contributed by atoms with Crippen molar-refractivity contribution in [1.29, 1.82) is 0 Å². The predicted octanol–water partition coefficient (Wildman–Crippen LogP) is 2.52. The summed E-state index contributed by atoms with van der Waals surface area (Å²) in [5.41, 5.74) is -1.01. The molecule has 1 unspecified atom stereocenters. The van der Waals surface area contributed by atoms with Crippen molar-refractivity contribution in [3.05, 3.63) is 17.0 Å². The topological polar surface area (TPSA) is 66.4 Å². The summed E-state index contributed by atoms with van der Waals surface area (Å²) in [5, 5.41) is 10.2. The molecule has 0 radical (unpaired) electrons. The van der Waals surface area contributed by atoms with E-state index in [1.807, 2.05) is 6.92 Å². The first-order valence-corrected chi connectivity index (χ1v) is 8.71. The molecular weight excluding hydrogens is 282 g/mol. The minimum atomic E-state index is -3.50. The molecule has 1 rings (SSSR count). The van der Waals surface area contributed by atoms with Gasteiger partial charge in [-0.3, -0.25) is 0 Å². The minimum absolute atomic E-state index is 0.0407. The monoisotopic (exact) mass is 305 g/mol. The van der Waals surface area contributed by atoms with Gasteiger partial charge in [0.15, 0.2) is 0 Å². The lowest BCUT2D eigenvalue weighted by atomic mass is 9.96. The first-order valence-electron chi connectivity index (χ1n) is 6.41. The van der Waals surface area contributed by atoms with Crippen molar-refractivity contribution in [3.8, 4) is 0 Å². The van der Waals surface area contributed by atoms with Crippen LogP contribution in [0.4, 0.5) is 0 Å². The van der Waals surface area contributed by atoms with E-state index in [1.165, 1.54) is 11.3 Å². The third-order valence-corrected chi connectivity index (χ3v) is 5.78. The van der Waals surface area contributed by atoms with Crippen LogP contribution in [-0.2, 0) is 10.0 Å². The third kappa shape index (κ3) is 5.60. The number of nitrogens with one attached hydrogen (secondary N) is 1. The molecule has 1 heterocycles. The van der Waals surface area contributed by atoms with E-state index in [0.717, 1.165) is 11.3 Å². The second-order valence-electron chi connectivity index (χ2n) is 5.62. The number of thiophene rings is 1. The molecule has 110 valence electrons. The molecule has 1 atom stereocenters. The summed E-state index contributed by atoms with van der Waals surface area (Å²) in [5.74, 6) is 0.489. The standard InChI is InChI=1S/C13H23NO3S2/c1-10(2)7-8-13(4,15)9-14-19(16,17)12-6-5-11(3)18-12/h5-6,10,14-15H,7-9H2,1-4H3. The van der Waals surface area contributed by atoms with Crippen molar-refractivity contribution in [3.63, 3.8) is 0 Å². The van der Waals surface area contributed by atoms with Crippen LogP contribution in [0.3, 0.4) is 0 Å². The SMILES string of the molecule is Cc1ccc(S(=O)(=O)NCC(C)(O)CCC(C)C)s1. The molecule has 19 heavy (non-hydrogen) atoms. The van der Waals surface area contributed by atoms with Crippen LogP contribution in [0.1, 0.15) is 38.5 Å². The molecule has 0 fully saturated rings. The lowest BCUT2D eigenvalue weighted by Crippen LogP contribution is -2.40. The zero-order chi connectivity index (χ0) is 14.7. The fourth-order valence-electron chi connectivity index (χ4n) is 1.57. The van der Waals surface area contributed by atoms with Crippen LogP contribution >= 0.6 is 11.3 Å². The lowest BCUT2D eigenvalue weighted by molar-refractivity contribution is 0.0506. The normalized spacial score (nSPS) is 15.7. The second-order valence-corrected chi connectivity index (χ2v) is 8.90. The second kappa shape index (κ2) is 6.35. The predicted molar refractivity (Wildman–Crippen MR) is 78.9 cm³/mol. The summed E-state index contributed by atoms with van der Waals surface area (Å²) in [6.07, 6.45) is 1.45. The van der Waals surface area contributed by atoms with Crippen LogP contribution in [0.25, 0.3) is 0 Å². The van der Waals surface area contributed by atoms with Gasteiger partial charge in [0.25, 0.3) is 0 Å². The lowest BCUT2D eigenvalue weighted by Gasteiger charge is -2.24. The van der Waals surface area contributed by atoms with Crippen LogP contribution in [-0.4, -0.2) is 25.7 Å². The zero-order valence-corrected chi connectivity index (χ0v) is 13.6. The molecule has 6 heteroatoms. The molecule has 0 aliphatic heterocycles. The average molecular weight is 305 g/mol. The average Bonchev–Trinajstić information content (AvgIpc) is 2.72. The highest BCUT2D eigenvalue weighted by Crippen LogP contribution is 2.21. The fraction of sp³-hybridized carbons (Fsp3) is 0.692. The van der Waals surface area contributed by atoms with Gasteiger partial charge in [-0.1, -0.05) is 13.8 Å². The van der Waals surface area contributed by atoms with E-state index in [9.17, 15) is 13.5 Å². The van der Waals surface area contributed by atoms with Crippen LogP contribution in [0, 0.1) is 12.8 Å². The summed E-state index contributed by atoms with van der Waals surface area (Å²) < 4.78 is 26.8. The zero-order valence-electron chi connectivity index (χ0n) is 11.9. The van der Waals surface area contributed by atoms with Crippen molar-refractivity contribution in [2.75, 3.05) is 6.54 Å².